The van der Waals surface area contributed by atoms with Crippen molar-refractivity contribution in [2.45, 2.75) is 37.8 Å². The van der Waals surface area contributed by atoms with Gasteiger partial charge >= 0.3 is 5.97 Å². The number of carbonyl (C=O) groups is 4. The first-order chi connectivity index (χ1) is 12.9. The number of benzene rings is 1. The Labute approximate surface area is 161 Å². The van der Waals surface area contributed by atoms with Crippen molar-refractivity contribution in [3.05, 3.63) is 35.9 Å². The van der Waals surface area contributed by atoms with Crippen LogP contribution in [0.2, 0.25) is 0 Å². The van der Waals surface area contributed by atoms with Crippen molar-refractivity contribution in [2.24, 2.45) is 0 Å². The van der Waals surface area contributed by atoms with Gasteiger partial charge < -0.3 is 10.4 Å². The molecule has 2 N–H and O–H groups in total. The minimum absolute atomic E-state index is 0.0466. The van der Waals surface area contributed by atoms with Crippen LogP contribution in [0.4, 0.5) is 0 Å². The number of amides is 3. The molecule has 0 spiro atoms. The summed E-state index contributed by atoms with van der Waals surface area (Å²) in [6.45, 7) is 0.175. The van der Waals surface area contributed by atoms with Crippen molar-refractivity contribution in [1.29, 1.82) is 0 Å². The molecule has 2 aliphatic heterocycles. The SMILES string of the molecule is O=C(NC1CCC(=O)N2CC[C@@H](C(=O)O)N2C1=O)C(=S)Cc1ccccc1. The average Bonchev–Trinajstić information content (AvgIpc) is 3.06. The van der Waals surface area contributed by atoms with Crippen LogP contribution in [0.5, 0.6) is 0 Å². The number of carboxylic acid groups (broad SMARTS) is 1. The molecule has 0 aromatic heterocycles. The Kier molecular flexibility index (Phi) is 5.50. The number of aliphatic carboxylic acids is 1. The molecule has 0 aliphatic carbocycles. The van der Waals surface area contributed by atoms with E-state index in [9.17, 15) is 24.3 Å². The second kappa shape index (κ2) is 7.83. The number of carbonyl (C=O) groups excluding carboxylic acids is 3. The molecule has 1 aromatic carbocycles. The monoisotopic (exact) mass is 389 g/mol. The van der Waals surface area contributed by atoms with Crippen LogP contribution in [0.15, 0.2) is 30.3 Å². The number of nitrogens with zero attached hydrogens (tertiary/aromatic N) is 2. The molecule has 0 radical (unpaired) electrons. The summed E-state index contributed by atoms with van der Waals surface area (Å²) in [6.07, 6.45) is 0.580. The van der Waals surface area contributed by atoms with Crippen LogP contribution in [-0.2, 0) is 25.6 Å². The van der Waals surface area contributed by atoms with Gasteiger partial charge in [0.2, 0.25) is 5.91 Å². The lowest BCUT2D eigenvalue weighted by Crippen LogP contribution is -2.55. The van der Waals surface area contributed by atoms with Gasteiger partial charge in [-0.3, -0.25) is 19.4 Å². The zero-order valence-corrected chi connectivity index (χ0v) is 15.3. The summed E-state index contributed by atoms with van der Waals surface area (Å²) < 4.78 is 0. The van der Waals surface area contributed by atoms with Crippen molar-refractivity contribution in [3.8, 4) is 0 Å². The lowest BCUT2D eigenvalue weighted by atomic mass is 10.1. The number of hydrogen-bond acceptors (Lipinski definition) is 5. The van der Waals surface area contributed by atoms with E-state index >= 15 is 0 Å². The lowest BCUT2D eigenvalue weighted by Gasteiger charge is -2.30. The van der Waals surface area contributed by atoms with Gasteiger partial charge in [0.15, 0.2) is 6.04 Å². The Bertz CT molecular complexity index is 797. The summed E-state index contributed by atoms with van der Waals surface area (Å²) in [7, 11) is 0. The fourth-order valence-corrected chi connectivity index (χ4v) is 3.53. The maximum Gasteiger partial charge on any atom is 0.328 e. The third kappa shape index (κ3) is 3.97. The predicted molar refractivity (Wildman–Crippen MR) is 98.5 cm³/mol. The molecule has 3 amide bonds. The quantitative estimate of drug-likeness (QED) is 0.702. The molecule has 27 heavy (non-hydrogen) atoms. The summed E-state index contributed by atoms with van der Waals surface area (Å²) in [5, 5.41) is 14.1. The van der Waals surface area contributed by atoms with E-state index in [0.717, 1.165) is 10.6 Å². The summed E-state index contributed by atoms with van der Waals surface area (Å²) in [6, 6.07) is 7.13. The van der Waals surface area contributed by atoms with Crippen LogP contribution in [0, 0.1) is 0 Å². The third-order valence-electron chi connectivity index (χ3n) is 4.68. The van der Waals surface area contributed by atoms with Gasteiger partial charge in [0, 0.05) is 25.8 Å². The number of hydrogen-bond donors (Lipinski definition) is 2. The van der Waals surface area contributed by atoms with Gasteiger partial charge in [0.05, 0.1) is 4.86 Å². The maximum atomic E-state index is 12.8. The number of hydrazine groups is 1. The second-order valence-electron chi connectivity index (χ2n) is 6.49. The molecular formula is C18H19N3O5S. The van der Waals surface area contributed by atoms with Crippen molar-refractivity contribution in [1.82, 2.24) is 15.3 Å². The number of fused-ring (bicyclic) bond motifs is 1. The average molecular weight is 389 g/mol. The van der Waals surface area contributed by atoms with Crippen LogP contribution in [0.25, 0.3) is 0 Å². The summed E-state index contributed by atoms with van der Waals surface area (Å²) in [4.78, 5) is 49.0. The first-order valence-electron chi connectivity index (χ1n) is 8.62. The van der Waals surface area contributed by atoms with Gasteiger partial charge in [-0.15, -0.1) is 0 Å². The molecule has 0 saturated carbocycles. The van der Waals surface area contributed by atoms with Crippen LogP contribution in [-0.4, -0.2) is 62.3 Å². The molecule has 2 atom stereocenters. The van der Waals surface area contributed by atoms with E-state index in [2.05, 4.69) is 5.32 Å². The van der Waals surface area contributed by atoms with Crippen molar-refractivity contribution in [3.63, 3.8) is 0 Å². The fraction of sp³-hybridized carbons (Fsp3) is 0.389. The van der Waals surface area contributed by atoms with Gasteiger partial charge in [-0.2, -0.15) is 0 Å². The lowest BCUT2D eigenvalue weighted by molar-refractivity contribution is -0.166. The fourth-order valence-electron chi connectivity index (χ4n) is 3.30. The van der Waals surface area contributed by atoms with E-state index < -0.39 is 29.9 Å². The highest BCUT2D eigenvalue weighted by atomic mass is 32.1. The molecule has 2 heterocycles. The number of nitrogens with one attached hydrogen (secondary N) is 1. The molecule has 9 heteroatoms. The zero-order valence-electron chi connectivity index (χ0n) is 14.5. The predicted octanol–water partition coefficient (Wildman–Crippen LogP) is 0.307. The minimum Gasteiger partial charge on any atom is -0.480 e. The molecule has 8 nitrogen and oxygen atoms in total. The van der Waals surface area contributed by atoms with Crippen molar-refractivity contribution >= 4 is 40.8 Å². The highest BCUT2D eigenvalue weighted by molar-refractivity contribution is 7.82. The Morgan fingerprint density at radius 1 is 1.19 bits per heavy atom. The smallest absolute Gasteiger partial charge is 0.328 e. The second-order valence-corrected chi connectivity index (χ2v) is 6.99. The first kappa shape index (κ1) is 19.0. The molecule has 2 fully saturated rings. The molecule has 2 saturated heterocycles. The van der Waals surface area contributed by atoms with Gasteiger partial charge in [-0.25, -0.2) is 9.80 Å². The summed E-state index contributed by atoms with van der Waals surface area (Å²) in [5.41, 5.74) is 0.872. The topological polar surface area (TPSA) is 107 Å². The van der Waals surface area contributed by atoms with Gasteiger partial charge in [0.25, 0.3) is 11.8 Å². The first-order valence-corrected chi connectivity index (χ1v) is 9.03. The van der Waals surface area contributed by atoms with Crippen molar-refractivity contribution < 1.29 is 24.3 Å². The van der Waals surface area contributed by atoms with E-state index in [1.165, 1.54) is 5.01 Å². The largest absolute Gasteiger partial charge is 0.480 e. The van der Waals surface area contributed by atoms with Crippen LogP contribution < -0.4 is 5.32 Å². The Balaban J connectivity index is 1.71. The molecule has 1 aromatic rings. The highest BCUT2D eigenvalue weighted by Gasteiger charge is 2.46. The minimum atomic E-state index is -1.18. The molecule has 3 rings (SSSR count). The zero-order chi connectivity index (χ0) is 19.6. The van der Waals surface area contributed by atoms with Crippen molar-refractivity contribution in [2.75, 3.05) is 6.54 Å². The van der Waals surface area contributed by atoms with E-state index in [-0.39, 0.29) is 43.0 Å². The highest BCUT2D eigenvalue weighted by Crippen LogP contribution is 2.25. The number of carboxylic acids is 1. The maximum absolute atomic E-state index is 12.8. The van der Waals surface area contributed by atoms with Crippen LogP contribution in [0.3, 0.4) is 0 Å². The number of rotatable bonds is 5. The molecule has 1 unspecified atom stereocenters. The van der Waals surface area contributed by atoms with Crippen LogP contribution >= 0.6 is 12.2 Å². The normalized spacial score (nSPS) is 22.2. The molecule has 2 aliphatic rings. The van der Waals surface area contributed by atoms with Gasteiger partial charge in [0.1, 0.15) is 6.04 Å². The van der Waals surface area contributed by atoms with E-state index in [4.69, 9.17) is 12.2 Å². The van der Waals surface area contributed by atoms with E-state index in [1.54, 1.807) is 0 Å². The standard InChI is InChI=1S/C18H19N3O5S/c22-15-7-6-12(17(24)21-13(18(25)26)8-9-20(15)21)19-16(23)14(27)10-11-4-2-1-3-5-11/h1-5,12-13H,6-10H2,(H,19,23)(H,25,26)/t12?,13-/m0/s1. The van der Waals surface area contributed by atoms with E-state index in [0.29, 0.717) is 0 Å². The third-order valence-corrected chi connectivity index (χ3v) is 5.01. The van der Waals surface area contributed by atoms with Crippen LogP contribution in [0.1, 0.15) is 24.8 Å². The molecular weight excluding hydrogens is 370 g/mol. The Morgan fingerprint density at radius 2 is 1.89 bits per heavy atom. The Morgan fingerprint density at radius 3 is 2.56 bits per heavy atom. The number of thiocarbonyl (C=S) groups is 1. The van der Waals surface area contributed by atoms with Gasteiger partial charge in [-0.05, 0) is 12.0 Å². The molecule has 0 bridgehead atoms. The summed E-state index contributed by atoms with van der Waals surface area (Å²) >= 11 is 5.17. The van der Waals surface area contributed by atoms with Gasteiger partial charge in [-0.1, -0.05) is 42.5 Å². The van der Waals surface area contributed by atoms with E-state index in [1.807, 2.05) is 30.3 Å². The Hall–Kier alpha value is -2.81. The summed E-state index contributed by atoms with van der Waals surface area (Å²) in [5.74, 6) is -2.65. The molecule has 142 valence electrons.